The molecule has 13 heteroatoms. The second kappa shape index (κ2) is 39.4. The molecule has 0 aromatic carbocycles. The van der Waals surface area contributed by atoms with Crippen LogP contribution in [0.3, 0.4) is 0 Å². The number of carbonyl (C=O) groups is 1. The molecule has 0 amide bonds. The maximum atomic E-state index is 12.8. The van der Waals surface area contributed by atoms with Crippen LogP contribution in [0.25, 0.3) is 0 Å². The van der Waals surface area contributed by atoms with E-state index in [0.717, 1.165) is 38.5 Å². The highest BCUT2D eigenvalue weighted by Crippen LogP contribution is 2.26. The molecule has 0 aromatic rings. The van der Waals surface area contributed by atoms with Gasteiger partial charge in [-0.25, -0.2) is 4.18 Å². The van der Waals surface area contributed by atoms with E-state index in [0.29, 0.717) is 13.0 Å². The zero-order valence-corrected chi connectivity index (χ0v) is 38.9. The second-order valence-electron chi connectivity index (χ2n) is 17.1. The van der Waals surface area contributed by atoms with Crippen LogP contribution in [-0.2, 0) is 38.3 Å². The molecule has 1 aliphatic heterocycles. The summed E-state index contributed by atoms with van der Waals surface area (Å²) in [5, 5.41) is 30.6. The number of allylic oxidation sites excluding steroid dienone is 2. The smallest absolute Gasteiger partial charge is 0.397 e. The number of ether oxygens (including phenoxy) is 4. The van der Waals surface area contributed by atoms with Crippen LogP contribution in [0.1, 0.15) is 219 Å². The number of esters is 1. The minimum atomic E-state index is -5.06. The monoisotopic (exact) mass is 879 g/mol. The minimum Gasteiger partial charge on any atom is -0.457 e. The first kappa shape index (κ1) is 56.9. The summed E-state index contributed by atoms with van der Waals surface area (Å²) in [6, 6.07) is 0. The lowest BCUT2D eigenvalue weighted by Crippen LogP contribution is -2.60. The summed E-state index contributed by atoms with van der Waals surface area (Å²) in [4.78, 5) is 12.8. The van der Waals surface area contributed by atoms with E-state index in [2.05, 4.69) is 30.2 Å². The molecule has 0 radical (unpaired) electrons. The Balaban J connectivity index is 2.27. The maximum Gasteiger partial charge on any atom is 0.397 e. The van der Waals surface area contributed by atoms with E-state index in [4.69, 9.17) is 23.5 Å². The molecule has 356 valence electrons. The first-order chi connectivity index (χ1) is 29.1. The largest absolute Gasteiger partial charge is 0.457 e. The predicted molar refractivity (Wildman–Crippen MR) is 239 cm³/mol. The summed E-state index contributed by atoms with van der Waals surface area (Å²) in [7, 11) is -5.06. The number of aliphatic hydroxyl groups is 3. The van der Waals surface area contributed by atoms with Gasteiger partial charge in [0.25, 0.3) is 0 Å². The van der Waals surface area contributed by atoms with Gasteiger partial charge < -0.3 is 34.3 Å². The molecule has 6 atom stereocenters. The Morgan fingerprint density at radius 2 is 1.05 bits per heavy atom. The van der Waals surface area contributed by atoms with Crippen molar-refractivity contribution in [3.63, 3.8) is 0 Å². The van der Waals surface area contributed by atoms with Gasteiger partial charge in [0.05, 0.1) is 19.8 Å². The third-order valence-corrected chi connectivity index (χ3v) is 11.9. The first-order valence-electron chi connectivity index (χ1n) is 24.4. The van der Waals surface area contributed by atoms with Gasteiger partial charge in [-0.2, -0.15) is 8.42 Å². The molecule has 4 N–H and O–H groups in total. The Morgan fingerprint density at radius 1 is 0.617 bits per heavy atom. The summed E-state index contributed by atoms with van der Waals surface area (Å²) >= 11 is 0. The third kappa shape index (κ3) is 32.5. The van der Waals surface area contributed by atoms with Gasteiger partial charge in [0.2, 0.25) is 0 Å². The molecule has 1 rings (SSSR count). The highest BCUT2D eigenvalue weighted by molar-refractivity contribution is 7.80. The molecule has 0 aliphatic carbocycles. The molecule has 0 bridgehead atoms. The van der Waals surface area contributed by atoms with E-state index in [-0.39, 0.29) is 19.6 Å². The van der Waals surface area contributed by atoms with Crippen molar-refractivity contribution >= 4 is 16.4 Å². The Morgan fingerprint density at radius 3 is 1.50 bits per heavy atom. The van der Waals surface area contributed by atoms with Crippen molar-refractivity contribution < 1.29 is 56.2 Å². The van der Waals surface area contributed by atoms with Gasteiger partial charge in [-0.3, -0.25) is 9.35 Å². The first-order valence-corrected chi connectivity index (χ1v) is 25.8. The molecular formula is C47H90O12S. The summed E-state index contributed by atoms with van der Waals surface area (Å²) < 4.78 is 59.0. The maximum absolute atomic E-state index is 12.8. The van der Waals surface area contributed by atoms with Crippen molar-refractivity contribution in [3.8, 4) is 0 Å². The molecule has 0 spiro atoms. The van der Waals surface area contributed by atoms with Crippen LogP contribution in [0.2, 0.25) is 0 Å². The number of hydrogen-bond donors (Lipinski definition) is 4. The second-order valence-corrected chi connectivity index (χ2v) is 18.1. The standard InChI is InChI=1S/C47H90O12S/c1-3-5-7-9-11-13-14-15-16-17-18-19-20-21-22-23-24-25-26-27-29-31-33-35-37-55-39-41(57-43(49)36-34-32-30-28-12-10-8-6-4-2)40-56-47-45(51)46(59-60(52,53)54)44(50)42(38-48)58-47/h17-18,41-42,44-48,50-51H,3-16,19-40H2,1-2H3,(H,52,53,54)/b18-17-. The zero-order chi connectivity index (χ0) is 43.9. The summed E-state index contributed by atoms with van der Waals surface area (Å²) in [5.74, 6) is -0.399. The highest BCUT2D eigenvalue weighted by Gasteiger charge is 2.48. The highest BCUT2D eigenvalue weighted by atomic mass is 32.3. The summed E-state index contributed by atoms with van der Waals surface area (Å²) in [5.41, 5.74) is 0. The lowest BCUT2D eigenvalue weighted by Gasteiger charge is -2.41. The normalized spacial score (nSPS) is 20.3. The molecule has 0 aromatic heterocycles. The Bertz CT molecular complexity index is 1110. The van der Waals surface area contributed by atoms with Crippen LogP contribution in [-0.4, -0.2) is 97.5 Å². The van der Waals surface area contributed by atoms with Crippen molar-refractivity contribution in [3.05, 3.63) is 12.2 Å². The molecule has 1 aliphatic rings. The van der Waals surface area contributed by atoms with Gasteiger partial charge in [-0.1, -0.05) is 187 Å². The zero-order valence-electron chi connectivity index (χ0n) is 38.0. The van der Waals surface area contributed by atoms with Crippen molar-refractivity contribution in [2.24, 2.45) is 0 Å². The van der Waals surface area contributed by atoms with Gasteiger partial charge in [0.15, 0.2) is 6.29 Å². The summed E-state index contributed by atoms with van der Waals surface area (Å²) in [6.45, 7) is 3.99. The molecule has 1 fully saturated rings. The van der Waals surface area contributed by atoms with E-state index in [9.17, 15) is 28.5 Å². The Hall–Kier alpha value is -1.16. The average molecular weight is 879 g/mol. The molecule has 1 heterocycles. The fraction of sp³-hybridized carbons (Fsp3) is 0.936. The van der Waals surface area contributed by atoms with Crippen molar-refractivity contribution in [1.29, 1.82) is 0 Å². The van der Waals surface area contributed by atoms with Crippen LogP contribution in [0.4, 0.5) is 0 Å². The van der Waals surface area contributed by atoms with Crippen LogP contribution >= 0.6 is 0 Å². The number of carbonyl (C=O) groups excluding carboxylic acids is 1. The molecule has 60 heavy (non-hydrogen) atoms. The van der Waals surface area contributed by atoms with E-state index >= 15 is 0 Å². The number of hydrogen-bond acceptors (Lipinski definition) is 11. The van der Waals surface area contributed by atoms with Crippen molar-refractivity contribution in [1.82, 2.24) is 0 Å². The number of unbranched alkanes of at least 4 members (excludes halogenated alkanes) is 28. The van der Waals surface area contributed by atoms with Gasteiger partial charge in [0, 0.05) is 13.0 Å². The van der Waals surface area contributed by atoms with Gasteiger partial charge in [-0.15, -0.1) is 0 Å². The van der Waals surface area contributed by atoms with E-state index in [1.54, 1.807) is 0 Å². The van der Waals surface area contributed by atoms with E-state index in [1.807, 2.05) is 0 Å². The molecule has 0 saturated carbocycles. The van der Waals surface area contributed by atoms with Crippen LogP contribution in [0, 0.1) is 0 Å². The third-order valence-electron chi connectivity index (χ3n) is 11.4. The molecule has 6 unspecified atom stereocenters. The lowest BCUT2D eigenvalue weighted by molar-refractivity contribution is -0.301. The number of aliphatic hydroxyl groups excluding tert-OH is 3. The molecule has 12 nitrogen and oxygen atoms in total. The quantitative estimate of drug-likeness (QED) is 0.0197. The van der Waals surface area contributed by atoms with Crippen molar-refractivity contribution in [2.45, 2.75) is 256 Å². The topological polar surface area (TPSA) is 178 Å². The lowest BCUT2D eigenvalue weighted by atomic mass is 9.99. The fourth-order valence-corrected chi connectivity index (χ4v) is 8.18. The van der Waals surface area contributed by atoms with E-state index < -0.39 is 59.8 Å². The van der Waals surface area contributed by atoms with Crippen LogP contribution in [0.5, 0.6) is 0 Å². The van der Waals surface area contributed by atoms with Gasteiger partial charge in [0.1, 0.15) is 30.5 Å². The van der Waals surface area contributed by atoms with E-state index in [1.165, 1.54) is 154 Å². The summed E-state index contributed by atoms with van der Waals surface area (Å²) in [6.07, 6.45) is 34.1. The average Bonchev–Trinajstić information content (AvgIpc) is 3.22. The number of rotatable bonds is 43. The minimum absolute atomic E-state index is 0.0410. The van der Waals surface area contributed by atoms with Gasteiger partial charge in [-0.05, 0) is 38.5 Å². The SMILES string of the molecule is CCCCCCCCCC/C=C\CCCCCCCCCCCCCCOCC(COC1OC(CO)C(O)C(OS(=O)(=O)O)C1O)OC(=O)CCCCCCCCCCC. The van der Waals surface area contributed by atoms with Crippen LogP contribution in [0.15, 0.2) is 12.2 Å². The molecule has 1 saturated heterocycles. The van der Waals surface area contributed by atoms with Gasteiger partial charge >= 0.3 is 16.4 Å². The molecular weight excluding hydrogens is 789 g/mol. The predicted octanol–water partition coefficient (Wildman–Crippen LogP) is 10.6. The van der Waals surface area contributed by atoms with Crippen LogP contribution < -0.4 is 0 Å². The Kier molecular flexibility index (Phi) is 37.4. The van der Waals surface area contributed by atoms with Crippen molar-refractivity contribution in [2.75, 3.05) is 26.4 Å². The fourth-order valence-electron chi connectivity index (χ4n) is 7.67. The Labute approximate surface area is 366 Å².